The highest BCUT2D eigenvalue weighted by Crippen LogP contribution is 2.13. The smallest absolute Gasteiger partial charge is 0.296 e. The van der Waals surface area contributed by atoms with Gasteiger partial charge in [-0.05, 0) is 50.3 Å². The van der Waals surface area contributed by atoms with Gasteiger partial charge in [-0.3, -0.25) is 4.18 Å². The Morgan fingerprint density at radius 1 is 0.714 bits per heavy atom. The molecule has 6 heteroatoms. The number of hydrogen-bond donors (Lipinski definition) is 0. The fourth-order valence-electron chi connectivity index (χ4n) is 2.55. The highest BCUT2D eigenvalue weighted by molar-refractivity contribution is 7.86. The molecule has 28 heavy (non-hydrogen) atoms. The molecule has 5 nitrogen and oxygen atoms in total. The second-order valence-corrected chi connectivity index (χ2v) is 8.27. The molecule has 0 aliphatic rings. The van der Waals surface area contributed by atoms with Crippen LogP contribution in [-0.2, 0) is 30.4 Å². The van der Waals surface area contributed by atoms with Crippen LogP contribution in [0.5, 0.6) is 0 Å². The van der Waals surface area contributed by atoms with Crippen molar-refractivity contribution in [3.05, 3.63) is 65.7 Å². The number of hydrogen-bond acceptors (Lipinski definition) is 5. The summed E-state index contributed by atoms with van der Waals surface area (Å²) in [7, 11) is -3.68. The minimum Gasteiger partial charge on any atom is -0.381 e. The fraction of sp³-hybridized carbons (Fsp3) is 0.455. The van der Waals surface area contributed by atoms with E-state index >= 15 is 0 Å². The summed E-state index contributed by atoms with van der Waals surface area (Å²) in [4.78, 5) is 0.188. The van der Waals surface area contributed by atoms with Crippen molar-refractivity contribution in [3.63, 3.8) is 0 Å². The molecule has 0 unspecified atom stereocenters. The molecular formula is C22H30O5S. The van der Waals surface area contributed by atoms with Gasteiger partial charge in [-0.25, -0.2) is 0 Å². The lowest BCUT2D eigenvalue weighted by Crippen LogP contribution is -2.09. The van der Waals surface area contributed by atoms with Gasteiger partial charge in [0.05, 0.1) is 18.1 Å². The van der Waals surface area contributed by atoms with Crippen LogP contribution in [0, 0.1) is 6.92 Å². The first-order valence-corrected chi connectivity index (χ1v) is 11.1. The van der Waals surface area contributed by atoms with Crippen molar-refractivity contribution in [2.24, 2.45) is 0 Å². The summed E-state index contributed by atoms with van der Waals surface area (Å²) in [6.07, 6.45) is 3.57. The second-order valence-electron chi connectivity index (χ2n) is 6.65. The Morgan fingerprint density at radius 2 is 1.36 bits per heavy atom. The Bertz CT molecular complexity index is 757. The summed E-state index contributed by atoms with van der Waals surface area (Å²) < 4.78 is 40.2. The Labute approximate surface area is 168 Å². The zero-order valence-electron chi connectivity index (χ0n) is 16.5. The van der Waals surface area contributed by atoms with Gasteiger partial charge >= 0.3 is 0 Å². The number of rotatable bonds is 14. The van der Waals surface area contributed by atoms with Gasteiger partial charge < -0.3 is 9.47 Å². The number of ether oxygens (including phenoxy) is 2. The third-order valence-electron chi connectivity index (χ3n) is 4.17. The van der Waals surface area contributed by atoms with E-state index in [0.717, 1.165) is 31.4 Å². The van der Waals surface area contributed by atoms with Gasteiger partial charge in [-0.1, -0.05) is 48.0 Å². The van der Waals surface area contributed by atoms with Crippen LogP contribution >= 0.6 is 0 Å². The van der Waals surface area contributed by atoms with Crippen LogP contribution in [0.3, 0.4) is 0 Å². The Kier molecular flexibility index (Phi) is 10.2. The molecule has 0 fully saturated rings. The predicted octanol–water partition coefficient (Wildman–Crippen LogP) is 4.49. The predicted molar refractivity (Wildman–Crippen MR) is 110 cm³/mol. The van der Waals surface area contributed by atoms with Crippen molar-refractivity contribution in [1.29, 1.82) is 0 Å². The molecule has 0 spiro atoms. The lowest BCUT2D eigenvalue weighted by Gasteiger charge is -2.07. The summed E-state index contributed by atoms with van der Waals surface area (Å²) in [5, 5.41) is 0. The average Bonchev–Trinajstić information content (AvgIpc) is 2.70. The Balaban J connectivity index is 1.42. The quantitative estimate of drug-likeness (QED) is 0.342. The van der Waals surface area contributed by atoms with Gasteiger partial charge in [-0.15, -0.1) is 0 Å². The maximum atomic E-state index is 12.0. The standard InChI is InChI=1S/C22H30O5S/c1-20-11-13-22(14-12-20)28(23,24)27-18-8-17-25-15-6-3-7-16-26-19-21-9-4-2-5-10-21/h2,4-5,9-14H,3,6-8,15-19H2,1H3. The molecule has 0 atom stereocenters. The number of aryl methyl sites for hydroxylation is 1. The van der Waals surface area contributed by atoms with Gasteiger partial charge in [0, 0.05) is 19.8 Å². The molecule has 154 valence electrons. The highest BCUT2D eigenvalue weighted by atomic mass is 32.2. The fourth-order valence-corrected chi connectivity index (χ4v) is 3.50. The van der Waals surface area contributed by atoms with Crippen LogP contribution in [-0.4, -0.2) is 34.8 Å². The average molecular weight is 407 g/mol. The SMILES string of the molecule is Cc1ccc(S(=O)(=O)OCCCOCCCCCOCc2ccccc2)cc1. The van der Waals surface area contributed by atoms with E-state index in [-0.39, 0.29) is 11.5 Å². The van der Waals surface area contributed by atoms with Crippen molar-refractivity contribution in [2.75, 3.05) is 26.4 Å². The highest BCUT2D eigenvalue weighted by Gasteiger charge is 2.14. The minimum atomic E-state index is -3.68. The first-order valence-electron chi connectivity index (χ1n) is 9.73. The van der Waals surface area contributed by atoms with Crippen molar-refractivity contribution in [2.45, 2.75) is 44.1 Å². The van der Waals surface area contributed by atoms with Crippen LogP contribution in [0.2, 0.25) is 0 Å². The lowest BCUT2D eigenvalue weighted by molar-refractivity contribution is 0.102. The summed E-state index contributed by atoms with van der Waals surface area (Å²) in [6.45, 7) is 4.61. The van der Waals surface area contributed by atoms with E-state index in [2.05, 4.69) is 12.1 Å². The van der Waals surface area contributed by atoms with Crippen LogP contribution in [0.4, 0.5) is 0 Å². The molecule has 0 radical (unpaired) electrons. The summed E-state index contributed by atoms with van der Waals surface area (Å²) >= 11 is 0. The molecule has 0 heterocycles. The van der Waals surface area contributed by atoms with Crippen LogP contribution in [0.15, 0.2) is 59.5 Å². The van der Waals surface area contributed by atoms with E-state index in [0.29, 0.717) is 26.2 Å². The second kappa shape index (κ2) is 12.7. The van der Waals surface area contributed by atoms with Crippen molar-refractivity contribution < 1.29 is 22.1 Å². The Hall–Kier alpha value is -1.73. The van der Waals surface area contributed by atoms with Gasteiger partial charge in [0.15, 0.2) is 0 Å². The van der Waals surface area contributed by atoms with Crippen LogP contribution in [0.25, 0.3) is 0 Å². The minimum absolute atomic E-state index is 0.129. The maximum absolute atomic E-state index is 12.0. The zero-order chi connectivity index (χ0) is 20.1. The lowest BCUT2D eigenvalue weighted by atomic mass is 10.2. The normalized spacial score (nSPS) is 11.6. The molecular weight excluding hydrogens is 376 g/mol. The first-order chi connectivity index (χ1) is 13.6. The van der Waals surface area contributed by atoms with E-state index in [1.807, 2.05) is 25.1 Å². The van der Waals surface area contributed by atoms with Crippen LogP contribution < -0.4 is 0 Å². The molecule has 2 rings (SSSR count). The largest absolute Gasteiger partial charge is 0.381 e. The van der Waals surface area contributed by atoms with Gasteiger partial charge in [0.2, 0.25) is 0 Å². The molecule has 0 aliphatic heterocycles. The number of unbranched alkanes of at least 4 members (excludes halogenated alkanes) is 2. The monoisotopic (exact) mass is 406 g/mol. The van der Waals surface area contributed by atoms with E-state index in [9.17, 15) is 8.42 Å². The summed E-state index contributed by atoms with van der Waals surface area (Å²) in [6, 6.07) is 16.8. The molecule has 0 aromatic heterocycles. The third-order valence-corrected chi connectivity index (χ3v) is 5.50. The molecule has 0 saturated carbocycles. The summed E-state index contributed by atoms with van der Waals surface area (Å²) in [5.41, 5.74) is 2.20. The van der Waals surface area contributed by atoms with Gasteiger partial charge in [0.1, 0.15) is 0 Å². The van der Waals surface area contributed by atoms with E-state index in [4.69, 9.17) is 13.7 Å². The Morgan fingerprint density at radius 3 is 2.07 bits per heavy atom. The van der Waals surface area contributed by atoms with Crippen molar-refractivity contribution in [1.82, 2.24) is 0 Å². The van der Waals surface area contributed by atoms with Crippen molar-refractivity contribution in [3.8, 4) is 0 Å². The zero-order valence-corrected chi connectivity index (χ0v) is 17.3. The van der Waals surface area contributed by atoms with E-state index in [1.54, 1.807) is 24.3 Å². The van der Waals surface area contributed by atoms with E-state index < -0.39 is 10.1 Å². The third kappa shape index (κ3) is 8.97. The molecule has 2 aromatic carbocycles. The van der Waals surface area contributed by atoms with Crippen LogP contribution in [0.1, 0.15) is 36.8 Å². The molecule has 0 aliphatic carbocycles. The molecule has 0 amide bonds. The van der Waals surface area contributed by atoms with E-state index in [1.165, 1.54) is 5.56 Å². The molecule has 0 saturated heterocycles. The summed E-state index contributed by atoms with van der Waals surface area (Å²) in [5.74, 6) is 0. The molecule has 0 N–H and O–H groups in total. The van der Waals surface area contributed by atoms with Gasteiger partial charge in [0.25, 0.3) is 10.1 Å². The van der Waals surface area contributed by atoms with Crippen molar-refractivity contribution >= 4 is 10.1 Å². The molecule has 0 bridgehead atoms. The topological polar surface area (TPSA) is 61.8 Å². The van der Waals surface area contributed by atoms with Gasteiger partial charge in [-0.2, -0.15) is 8.42 Å². The number of benzene rings is 2. The maximum Gasteiger partial charge on any atom is 0.296 e. The first kappa shape index (κ1) is 22.6. The molecule has 2 aromatic rings.